The molecule has 0 heterocycles. The van der Waals surface area contributed by atoms with Gasteiger partial charge in [0.1, 0.15) is 0 Å². The zero-order chi connectivity index (χ0) is 4.83. The first-order valence-electron chi connectivity index (χ1n) is 2.17. The van der Waals surface area contributed by atoms with Gasteiger partial charge in [-0.3, -0.25) is 0 Å². The first-order chi connectivity index (χ1) is 2.91. The van der Waals surface area contributed by atoms with E-state index < -0.39 is 0 Å². The van der Waals surface area contributed by atoms with Crippen molar-refractivity contribution in [3.8, 4) is 0 Å². The summed E-state index contributed by atoms with van der Waals surface area (Å²) < 4.78 is 6.51. The minimum absolute atomic E-state index is 0.0544. The standard InChI is InChI=1S/C4H8O/c1-2-3-4-5/h2-3,5H,4H2,1H3/b3-2+/i1D. The number of hydrogen-bond acceptors (Lipinski definition) is 1. The van der Waals surface area contributed by atoms with Crippen molar-refractivity contribution >= 4 is 0 Å². The van der Waals surface area contributed by atoms with Crippen LogP contribution in [0.15, 0.2) is 12.2 Å². The van der Waals surface area contributed by atoms with Crippen molar-refractivity contribution in [2.75, 3.05) is 6.61 Å². The molecule has 0 bridgehead atoms. The molecule has 1 N–H and O–H groups in total. The Labute approximate surface area is 33.3 Å². The third kappa shape index (κ3) is 3.70. The Kier molecular flexibility index (Phi) is 2.16. The van der Waals surface area contributed by atoms with Crippen LogP contribution in [0, 0.1) is 0 Å². The van der Waals surface area contributed by atoms with Crippen LogP contribution in [0.4, 0.5) is 0 Å². The minimum atomic E-state index is 0.0544. The molecule has 0 saturated carbocycles. The van der Waals surface area contributed by atoms with E-state index >= 15 is 0 Å². The Balaban J connectivity index is 2.73. The van der Waals surface area contributed by atoms with E-state index in [1.807, 2.05) is 0 Å². The van der Waals surface area contributed by atoms with Crippen LogP contribution in [0.3, 0.4) is 0 Å². The molecular weight excluding hydrogens is 64.0 g/mol. The first-order valence-corrected chi connectivity index (χ1v) is 1.47. The number of rotatable bonds is 1. The van der Waals surface area contributed by atoms with Crippen molar-refractivity contribution in [2.24, 2.45) is 0 Å². The Bertz CT molecular complexity index is 36.8. The van der Waals surface area contributed by atoms with Gasteiger partial charge in [-0.1, -0.05) is 12.2 Å². The van der Waals surface area contributed by atoms with Gasteiger partial charge < -0.3 is 5.11 Å². The molecular formula is C4H8O. The normalized spacial score (nSPS) is 12.6. The molecule has 1 heteroatoms. The summed E-state index contributed by atoms with van der Waals surface area (Å²) in [5.41, 5.74) is 0. The van der Waals surface area contributed by atoms with Gasteiger partial charge >= 0.3 is 0 Å². The zero-order valence-electron chi connectivity index (χ0n) is 4.02. The summed E-state index contributed by atoms with van der Waals surface area (Å²) in [7, 11) is 0. The highest BCUT2D eigenvalue weighted by atomic mass is 16.2. The van der Waals surface area contributed by atoms with Crippen LogP contribution in [0.5, 0.6) is 0 Å². The summed E-state index contributed by atoms with van der Waals surface area (Å²) in [6, 6.07) is 0. The molecule has 1 nitrogen and oxygen atoms in total. The second kappa shape index (κ2) is 3.70. The van der Waals surface area contributed by atoms with Crippen molar-refractivity contribution in [3.05, 3.63) is 12.2 Å². The Morgan fingerprint density at radius 3 is 3.20 bits per heavy atom. The molecule has 0 aromatic rings. The highest BCUT2D eigenvalue weighted by Crippen LogP contribution is 1.60. The van der Waals surface area contributed by atoms with Gasteiger partial charge in [-0.05, 0) is 6.90 Å². The van der Waals surface area contributed by atoms with Gasteiger partial charge in [-0.2, -0.15) is 0 Å². The number of aliphatic hydroxyl groups is 1. The molecule has 0 amide bonds. The maximum Gasteiger partial charge on any atom is 0.0612 e. The molecule has 0 rings (SSSR count). The lowest BCUT2D eigenvalue weighted by molar-refractivity contribution is 0.342. The predicted octanol–water partition coefficient (Wildman–Crippen LogP) is 0.555. The van der Waals surface area contributed by atoms with E-state index in [9.17, 15) is 0 Å². The Morgan fingerprint density at radius 1 is 2.20 bits per heavy atom. The number of hydrogen-bond donors (Lipinski definition) is 1. The lowest BCUT2D eigenvalue weighted by atomic mass is 10.6. The van der Waals surface area contributed by atoms with Crippen molar-refractivity contribution in [2.45, 2.75) is 6.90 Å². The van der Waals surface area contributed by atoms with Gasteiger partial charge in [0.05, 0.1) is 6.61 Å². The van der Waals surface area contributed by atoms with E-state index in [0.29, 0.717) is 0 Å². The third-order valence-corrected chi connectivity index (χ3v) is 0.272. The number of allylic oxidation sites excluding steroid dienone is 1. The van der Waals surface area contributed by atoms with E-state index in [4.69, 9.17) is 6.48 Å². The highest BCUT2D eigenvalue weighted by molar-refractivity contribution is 4.74. The fraction of sp³-hybridized carbons (Fsp3) is 0.500. The molecule has 0 aliphatic rings. The quantitative estimate of drug-likeness (QED) is 0.449. The maximum atomic E-state index is 8.03. The van der Waals surface area contributed by atoms with Gasteiger partial charge in [0.25, 0.3) is 0 Å². The van der Waals surface area contributed by atoms with Crippen LogP contribution >= 0.6 is 0 Å². The Hall–Kier alpha value is -0.300. The fourth-order valence-corrected chi connectivity index (χ4v) is 0.0745. The molecule has 0 aromatic heterocycles. The summed E-state index contributed by atoms with van der Waals surface area (Å²) in [5.74, 6) is 0. The molecule has 5 heavy (non-hydrogen) atoms. The van der Waals surface area contributed by atoms with Crippen molar-refractivity contribution < 1.29 is 6.48 Å². The molecule has 0 spiro atoms. The van der Waals surface area contributed by atoms with E-state index in [0.717, 1.165) is 0 Å². The van der Waals surface area contributed by atoms with Gasteiger partial charge in [-0.15, -0.1) is 0 Å². The van der Waals surface area contributed by atoms with Crippen molar-refractivity contribution in [3.63, 3.8) is 0 Å². The molecule has 0 saturated heterocycles. The second-order valence-corrected chi connectivity index (χ2v) is 0.654. The third-order valence-electron chi connectivity index (χ3n) is 0.272. The zero-order valence-corrected chi connectivity index (χ0v) is 3.02. The van der Waals surface area contributed by atoms with Crippen LogP contribution in [0.2, 0.25) is 0 Å². The summed E-state index contributed by atoms with van der Waals surface area (Å²) in [5, 5.41) is 8.03. The van der Waals surface area contributed by atoms with E-state index in [1.165, 1.54) is 0 Å². The maximum absolute atomic E-state index is 8.03. The van der Waals surface area contributed by atoms with Gasteiger partial charge in [0, 0.05) is 1.37 Å². The van der Waals surface area contributed by atoms with Gasteiger partial charge in [-0.25, -0.2) is 0 Å². The summed E-state index contributed by atoms with van der Waals surface area (Å²) in [6.07, 6.45) is 3.15. The van der Waals surface area contributed by atoms with Crippen LogP contribution in [0.1, 0.15) is 8.27 Å². The van der Waals surface area contributed by atoms with Gasteiger partial charge in [0.2, 0.25) is 0 Å². The molecule has 0 fully saturated rings. The monoisotopic (exact) mass is 73.1 g/mol. The molecule has 0 radical (unpaired) electrons. The largest absolute Gasteiger partial charge is 0.392 e. The van der Waals surface area contributed by atoms with Gasteiger partial charge in [0.15, 0.2) is 0 Å². The van der Waals surface area contributed by atoms with E-state index in [-0.39, 0.29) is 13.5 Å². The van der Waals surface area contributed by atoms with Crippen LogP contribution in [-0.4, -0.2) is 11.7 Å². The molecule has 30 valence electrons. The lowest BCUT2D eigenvalue weighted by Crippen LogP contribution is -1.65. The molecule has 0 aromatic carbocycles. The predicted molar refractivity (Wildman–Crippen MR) is 21.9 cm³/mol. The second-order valence-electron chi connectivity index (χ2n) is 0.654. The summed E-state index contributed by atoms with van der Waals surface area (Å²) in [4.78, 5) is 0. The van der Waals surface area contributed by atoms with Crippen molar-refractivity contribution in [1.82, 2.24) is 0 Å². The number of aliphatic hydroxyl groups excluding tert-OH is 1. The molecule has 0 aliphatic carbocycles. The fourth-order valence-electron chi connectivity index (χ4n) is 0.0745. The molecule has 0 unspecified atom stereocenters. The first kappa shape index (κ1) is 2.91. The topological polar surface area (TPSA) is 20.2 Å². The smallest absolute Gasteiger partial charge is 0.0612 e. The Morgan fingerprint density at radius 2 is 3.00 bits per heavy atom. The minimum Gasteiger partial charge on any atom is -0.392 e. The van der Waals surface area contributed by atoms with E-state index in [1.54, 1.807) is 12.2 Å². The van der Waals surface area contributed by atoms with Crippen LogP contribution < -0.4 is 0 Å². The lowest BCUT2D eigenvalue weighted by Gasteiger charge is -1.66. The van der Waals surface area contributed by atoms with Crippen molar-refractivity contribution in [1.29, 1.82) is 0 Å². The highest BCUT2D eigenvalue weighted by Gasteiger charge is 1.52. The average molecular weight is 73.1 g/mol. The van der Waals surface area contributed by atoms with Crippen LogP contribution in [-0.2, 0) is 0 Å². The SMILES string of the molecule is [2H]C/C=C/CO. The summed E-state index contributed by atoms with van der Waals surface area (Å²) >= 11 is 0. The van der Waals surface area contributed by atoms with Crippen LogP contribution in [0.25, 0.3) is 0 Å². The summed E-state index contributed by atoms with van der Waals surface area (Å²) in [6.45, 7) is 0.319. The van der Waals surface area contributed by atoms with E-state index in [2.05, 4.69) is 0 Å². The average Bonchev–Trinajstić information content (AvgIpc) is 1.61. The molecule has 0 aliphatic heterocycles. The molecule has 0 atom stereocenters.